The molecule has 0 aromatic heterocycles. The fourth-order valence-corrected chi connectivity index (χ4v) is 2.68. The number of nitrogens with two attached hydrogens (primary N) is 1. The molecule has 7 N–H and O–H groups in total. The Morgan fingerprint density at radius 2 is 1.37 bits per heavy atom. The lowest BCUT2D eigenvalue weighted by Crippen LogP contribution is -2.26. The highest BCUT2D eigenvalue weighted by molar-refractivity contribution is 7.85. The fraction of sp³-hybridized carbons (Fsp3) is 0.174. The molecule has 13 nitrogen and oxygen atoms in total. The molecule has 3 rings (SSSR count). The van der Waals surface area contributed by atoms with Crippen molar-refractivity contribution in [1.82, 2.24) is 5.32 Å². The average Bonchev–Trinajstić information content (AvgIpc) is 2.80. The molecule has 0 heterocycles. The number of carbonyl (C=O) groups is 1. The number of nitrogens with one attached hydrogen (secondary N) is 3. The first-order valence-corrected chi connectivity index (χ1v) is 14.2. The van der Waals surface area contributed by atoms with Gasteiger partial charge in [-0.05, 0) is 53.2 Å². The summed E-state index contributed by atoms with van der Waals surface area (Å²) in [6, 6.07) is 17.7. The van der Waals surface area contributed by atoms with Gasteiger partial charge in [-0.1, -0.05) is 18.2 Å². The Kier molecular flexibility index (Phi) is 11.8. The normalized spacial score (nSPS) is 11.3. The molecule has 0 saturated heterocycles. The molecule has 0 aliphatic heterocycles. The highest BCUT2D eigenvalue weighted by Crippen LogP contribution is 2.23. The number of carbonyl (C=O) groups excluding carboxylic acids is 1. The summed E-state index contributed by atoms with van der Waals surface area (Å²) in [6.45, 7) is 0. The molecule has 3 aromatic rings. The minimum atomic E-state index is -3.67. The van der Waals surface area contributed by atoms with Crippen LogP contribution in [-0.4, -0.2) is 70.3 Å². The molecule has 0 fully saturated rings. The lowest BCUT2D eigenvalue weighted by atomic mass is 10.1. The molecule has 0 atom stereocenters. The van der Waals surface area contributed by atoms with Gasteiger partial charge in [0.15, 0.2) is 5.96 Å². The van der Waals surface area contributed by atoms with E-state index in [9.17, 15) is 21.6 Å². The van der Waals surface area contributed by atoms with Crippen LogP contribution in [0.3, 0.4) is 0 Å². The van der Waals surface area contributed by atoms with E-state index in [2.05, 4.69) is 15.6 Å². The van der Waals surface area contributed by atoms with Crippen molar-refractivity contribution >= 4 is 54.5 Å². The fourth-order valence-electron chi connectivity index (χ4n) is 2.68. The zero-order valence-electron chi connectivity index (χ0n) is 21.0. The second kappa shape index (κ2) is 14.0. The van der Waals surface area contributed by atoms with Crippen molar-refractivity contribution in [1.29, 1.82) is 5.41 Å². The highest BCUT2D eigenvalue weighted by Gasteiger charge is 2.10. The maximum atomic E-state index is 12.4. The van der Waals surface area contributed by atoms with Crippen LogP contribution in [0.5, 0.6) is 5.75 Å². The molecule has 0 saturated carbocycles. The molecule has 206 valence electrons. The number of hydrogen-bond donors (Lipinski definition) is 6. The maximum Gasteiger partial charge on any atom is 0.343 e. The first-order chi connectivity index (χ1) is 17.5. The molecular weight excluding hydrogens is 538 g/mol. The van der Waals surface area contributed by atoms with Gasteiger partial charge in [0.25, 0.3) is 20.2 Å². The van der Waals surface area contributed by atoms with Crippen LogP contribution in [0.4, 0.5) is 5.69 Å². The van der Waals surface area contributed by atoms with Crippen molar-refractivity contribution in [3.63, 3.8) is 0 Å². The van der Waals surface area contributed by atoms with E-state index in [1.54, 1.807) is 56.6 Å². The number of hydrogen-bond acceptors (Lipinski definition) is 8. The Bertz CT molecular complexity index is 1480. The first kappa shape index (κ1) is 32.0. The molecule has 0 aliphatic rings. The zero-order chi connectivity index (χ0) is 29.1. The van der Waals surface area contributed by atoms with Gasteiger partial charge < -0.3 is 21.1 Å². The number of guanidine groups is 1. The van der Waals surface area contributed by atoms with Crippen molar-refractivity contribution < 1.29 is 35.5 Å². The van der Waals surface area contributed by atoms with Gasteiger partial charge in [-0.2, -0.15) is 16.8 Å². The molecule has 0 bridgehead atoms. The third-order valence-electron chi connectivity index (χ3n) is 4.18. The predicted octanol–water partition coefficient (Wildman–Crippen LogP) is 1.97. The molecule has 0 unspecified atom stereocenters. The van der Waals surface area contributed by atoms with Crippen LogP contribution in [0.2, 0.25) is 0 Å². The number of anilines is 1. The smallest absolute Gasteiger partial charge is 0.343 e. The van der Waals surface area contributed by atoms with Crippen LogP contribution < -0.4 is 21.1 Å². The number of benzene rings is 3. The van der Waals surface area contributed by atoms with E-state index in [0.29, 0.717) is 35.3 Å². The van der Waals surface area contributed by atoms with E-state index < -0.39 is 26.2 Å². The number of rotatable bonds is 4. The Morgan fingerprint density at radius 3 is 1.84 bits per heavy atom. The number of nitrogens with zero attached hydrogens (tertiary/aromatic N) is 1. The highest BCUT2D eigenvalue weighted by atomic mass is 32.2. The summed E-state index contributed by atoms with van der Waals surface area (Å²) in [5.41, 5.74) is 7.42. The Balaban J connectivity index is 0.000000616. The third-order valence-corrected chi connectivity index (χ3v) is 4.18. The number of amidine groups is 1. The molecule has 15 heteroatoms. The first-order valence-electron chi connectivity index (χ1n) is 10.5. The number of fused-ring (bicyclic) bond motifs is 1. The monoisotopic (exact) mass is 567 g/mol. The van der Waals surface area contributed by atoms with Gasteiger partial charge in [-0.25, -0.2) is 4.79 Å². The number of aliphatic imine (C=N–C) groups is 1. The van der Waals surface area contributed by atoms with Crippen LogP contribution in [0.15, 0.2) is 65.7 Å². The minimum absolute atomic E-state index is 0.0161. The van der Waals surface area contributed by atoms with E-state index >= 15 is 0 Å². The molecule has 0 amide bonds. The van der Waals surface area contributed by atoms with E-state index in [0.717, 1.165) is 16.5 Å². The summed E-state index contributed by atoms with van der Waals surface area (Å²) in [5.74, 6) is 0.650. The van der Waals surface area contributed by atoms with Gasteiger partial charge in [-0.3, -0.25) is 19.5 Å². The Labute approximate surface area is 220 Å². The lowest BCUT2D eigenvalue weighted by Gasteiger charge is -2.09. The Hall–Kier alpha value is -4.05. The standard InChI is InChI=1S/C21H21N5O2.2CH4O3S/c1-24-21(25-2)26-17-8-5-13(6-9-17)20(27)28-18-10-7-14-11-16(19(22)23)4-3-15(14)12-18;2*1-5(2,3)4/h3-12H,1-2H3,(H3,22,23)(H2,24,25,26);2*1H3,(H,2,3,4). The van der Waals surface area contributed by atoms with E-state index in [1.165, 1.54) is 0 Å². The summed E-state index contributed by atoms with van der Waals surface area (Å²) in [7, 11) is -3.89. The largest absolute Gasteiger partial charge is 0.423 e. The van der Waals surface area contributed by atoms with Crippen molar-refractivity contribution in [3.8, 4) is 5.75 Å². The van der Waals surface area contributed by atoms with E-state index in [-0.39, 0.29) is 5.84 Å². The van der Waals surface area contributed by atoms with Crippen LogP contribution in [-0.2, 0) is 20.2 Å². The summed E-state index contributed by atoms with van der Waals surface area (Å²) in [6.07, 6.45) is 1.43. The van der Waals surface area contributed by atoms with Crippen LogP contribution in [0.1, 0.15) is 15.9 Å². The van der Waals surface area contributed by atoms with Crippen molar-refractivity contribution in [2.24, 2.45) is 10.7 Å². The number of nitrogen functional groups attached to an aromatic ring is 1. The molecule has 0 radical (unpaired) electrons. The van der Waals surface area contributed by atoms with Crippen LogP contribution in [0.25, 0.3) is 10.8 Å². The SMILES string of the molecule is CN=C(NC)Nc1ccc(C(=O)Oc2ccc3cc(C(=N)N)ccc3c2)cc1.CS(=O)(=O)O.CS(=O)(=O)O. The molecular formula is C23H29N5O8S2. The molecule has 38 heavy (non-hydrogen) atoms. The molecule has 0 spiro atoms. The molecule has 3 aromatic carbocycles. The quantitative estimate of drug-likeness (QED) is 0.0879. The van der Waals surface area contributed by atoms with Gasteiger partial charge in [0, 0.05) is 25.3 Å². The van der Waals surface area contributed by atoms with Gasteiger partial charge >= 0.3 is 5.97 Å². The van der Waals surface area contributed by atoms with Crippen molar-refractivity contribution in [3.05, 3.63) is 71.8 Å². The summed E-state index contributed by atoms with van der Waals surface area (Å²) >= 11 is 0. The number of esters is 1. The van der Waals surface area contributed by atoms with Gasteiger partial charge in [0.05, 0.1) is 18.1 Å². The third kappa shape index (κ3) is 13.3. The second-order valence-electron chi connectivity index (χ2n) is 7.52. The molecule has 0 aliphatic carbocycles. The second-order valence-corrected chi connectivity index (χ2v) is 10.4. The van der Waals surface area contributed by atoms with Crippen LogP contribution >= 0.6 is 0 Å². The summed E-state index contributed by atoms with van der Waals surface area (Å²) < 4.78 is 57.2. The van der Waals surface area contributed by atoms with Gasteiger partial charge in [-0.15, -0.1) is 0 Å². The topological polar surface area (TPSA) is 221 Å². The maximum absolute atomic E-state index is 12.4. The van der Waals surface area contributed by atoms with E-state index in [4.69, 9.17) is 25.0 Å². The summed E-state index contributed by atoms with van der Waals surface area (Å²) in [4.78, 5) is 16.5. The van der Waals surface area contributed by atoms with Crippen molar-refractivity contribution in [2.75, 3.05) is 31.9 Å². The van der Waals surface area contributed by atoms with Crippen molar-refractivity contribution in [2.45, 2.75) is 0 Å². The van der Waals surface area contributed by atoms with Gasteiger partial charge in [0.2, 0.25) is 0 Å². The zero-order valence-corrected chi connectivity index (χ0v) is 22.6. The summed E-state index contributed by atoms with van der Waals surface area (Å²) in [5, 5.41) is 15.3. The lowest BCUT2D eigenvalue weighted by molar-refractivity contribution is 0.0735. The number of ether oxygens (including phenoxy) is 1. The minimum Gasteiger partial charge on any atom is -0.423 e. The average molecular weight is 568 g/mol. The van der Waals surface area contributed by atoms with Gasteiger partial charge in [0.1, 0.15) is 11.6 Å². The Morgan fingerprint density at radius 1 is 0.895 bits per heavy atom. The van der Waals surface area contributed by atoms with Crippen LogP contribution in [0, 0.1) is 5.41 Å². The van der Waals surface area contributed by atoms with E-state index in [1.807, 2.05) is 18.2 Å². The predicted molar refractivity (Wildman–Crippen MR) is 147 cm³/mol.